The highest BCUT2D eigenvalue weighted by molar-refractivity contribution is 9.10. The Bertz CT molecular complexity index is 516. The SMILES string of the molecule is CCCNc1ccnc(CSc2ccc(Br)cc2)n1. The number of rotatable bonds is 6. The summed E-state index contributed by atoms with van der Waals surface area (Å²) in [6.45, 7) is 3.08. The number of halogens is 1. The van der Waals surface area contributed by atoms with E-state index in [9.17, 15) is 0 Å². The van der Waals surface area contributed by atoms with Gasteiger partial charge in [-0.15, -0.1) is 11.8 Å². The van der Waals surface area contributed by atoms with Gasteiger partial charge in [-0.3, -0.25) is 0 Å². The molecular formula is C14H16BrN3S. The predicted octanol–water partition coefficient (Wildman–Crippen LogP) is 4.35. The first-order valence-electron chi connectivity index (χ1n) is 6.22. The van der Waals surface area contributed by atoms with Crippen molar-refractivity contribution in [3.05, 3.63) is 46.8 Å². The van der Waals surface area contributed by atoms with Gasteiger partial charge >= 0.3 is 0 Å². The summed E-state index contributed by atoms with van der Waals surface area (Å²) in [7, 11) is 0. The second-order valence-electron chi connectivity index (χ2n) is 4.03. The summed E-state index contributed by atoms with van der Waals surface area (Å²) in [6, 6.07) is 10.2. The standard InChI is InChI=1S/C14H16BrN3S/c1-2-8-16-13-7-9-17-14(18-13)10-19-12-5-3-11(15)4-6-12/h3-7,9H,2,8,10H2,1H3,(H,16,17,18). The molecule has 0 fully saturated rings. The van der Waals surface area contributed by atoms with E-state index < -0.39 is 0 Å². The Hall–Kier alpha value is -1.07. The first kappa shape index (κ1) is 14.3. The summed E-state index contributed by atoms with van der Waals surface area (Å²) in [5.74, 6) is 2.54. The van der Waals surface area contributed by atoms with Gasteiger partial charge in [-0.2, -0.15) is 0 Å². The highest BCUT2D eigenvalue weighted by atomic mass is 79.9. The highest BCUT2D eigenvalue weighted by Crippen LogP contribution is 2.23. The molecule has 0 radical (unpaired) electrons. The minimum Gasteiger partial charge on any atom is -0.370 e. The Morgan fingerprint density at radius 2 is 2.00 bits per heavy atom. The molecule has 19 heavy (non-hydrogen) atoms. The summed E-state index contributed by atoms with van der Waals surface area (Å²) in [4.78, 5) is 10.0. The molecule has 0 aliphatic heterocycles. The van der Waals surface area contributed by atoms with Gasteiger partial charge in [0.05, 0.1) is 5.75 Å². The molecule has 100 valence electrons. The fraction of sp³-hybridized carbons (Fsp3) is 0.286. The third kappa shape index (κ3) is 4.84. The van der Waals surface area contributed by atoms with Crippen LogP contribution in [0.1, 0.15) is 19.2 Å². The molecule has 1 aromatic heterocycles. The number of hydrogen-bond acceptors (Lipinski definition) is 4. The molecule has 5 heteroatoms. The van der Waals surface area contributed by atoms with Crippen molar-refractivity contribution in [1.29, 1.82) is 0 Å². The van der Waals surface area contributed by atoms with Gasteiger partial charge in [-0.1, -0.05) is 22.9 Å². The monoisotopic (exact) mass is 337 g/mol. The summed E-state index contributed by atoms with van der Waals surface area (Å²) >= 11 is 5.17. The van der Waals surface area contributed by atoms with Gasteiger partial charge in [0.2, 0.25) is 0 Å². The van der Waals surface area contributed by atoms with Crippen LogP contribution in [-0.4, -0.2) is 16.5 Å². The highest BCUT2D eigenvalue weighted by Gasteiger charge is 2.01. The van der Waals surface area contributed by atoms with Crippen LogP contribution < -0.4 is 5.32 Å². The van der Waals surface area contributed by atoms with E-state index in [4.69, 9.17) is 0 Å². The predicted molar refractivity (Wildman–Crippen MR) is 84.5 cm³/mol. The molecule has 0 bridgehead atoms. The lowest BCUT2D eigenvalue weighted by Crippen LogP contribution is -2.04. The van der Waals surface area contributed by atoms with Crippen molar-refractivity contribution in [2.24, 2.45) is 0 Å². The van der Waals surface area contributed by atoms with Crippen molar-refractivity contribution in [1.82, 2.24) is 9.97 Å². The number of nitrogens with one attached hydrogen (secondary N) is 1. The maximum Gasteiger partial charge on any atom is 0.140 e. The van der Waals surface area contributed by atoms with Crippen LogP contribution in [0.2, 0.25) is 0 Å². The molecular weight excluding hydrogens is 322 g/mol. The number of thioether (sulfide) groups is 1. The summed E-state index contributed by atoms with van der Waals surface area (Å²) in [5.41, 5.74) is 0. The molecule has 0 atom stereocenters. The van der Waals surface area contributed by atoms with Gasteiger partial charge < -0.3 is 5.32 Å². The van der Waals surface area contributed by atoms with Crippen molar-refractivity contribution in [3.63, 3.8) is 0 Å². The quantitative estimate of drug-likeness (QED) is 0.795. The second kappa shape index (κ2) is 7.50. The van der Waals surface area contributed by atoms with Crippen molar-refractivity contribution in [3.8, 4) is 0 Å². The Kier molecular flexibility index (Phi) is 5.66. The van der Waals surface area contributed by atoms with Gasteiger partial charge in [0, 0.05) is 22.1 Å². The minimum absolute atomic E-state index is 0.781. The van der Waals surface area contributed by atoms with E-state index in [-0.39, 0.29) is 0 Å². The van der Waals surface area contributed by atoms with Crippen molar-refractivity contribution in [2.45, 2.75) is 24.0 Å². The van der Waals surface area contributed by atoms with E-state index in [1.807, 2.05) is 24.4 Å². The van der Waals surface area contributed by atoms with Crippen molar-refractivity contribution < 1.29 is 0 Å². The van der Waals surface area contributed by atoms with Crippen LogP contribution in [0.15, 0.2) is 45.9 Å². The third-order valence-electron chi connectivity index (χ3n) is 2.44. The maximum absolute atomic E-state index is 4.49. The van der Waals surface area contributed by atoms with Crippen molar-refractivity contribution >= 4 is 33.5 Å². The maximum atomic E-state index is 4.49. The van der Waals surface area contributed by atoms with Crippen LogP contribution in [0.25, 0.3) is 0 Å². The lowest BCUT2D eigenvalue weighted by molar-refractivity contribution is 0.951. The molecule has 2 rings (SSSR count). The molecule has 0 amide bonds. The Morgan fingerprint density at radius 3 is 2.74 bits per heavy atom. The van der Waals surface area contributed by atoms with Gasteiger partial charge in [-0.25, -0.2) is 9.97 Å². The van der Waals surface area contributed by atoms with Crippen LogP contribution in [0.5, 0.6) is 0 Å². The zero-order valence-corrected chi connectivity index (χ0v) is 13.2. The lowest BCUT2D eigenvalue weighted by Gasteiger charge is -2.05. The first-order chi connectivity index (χ1) is 9.28. The summed E-state index contributed by atoms with van der Waals surface area (Å²) < 4.78 is 1.10. The van der Waals surface area contributed by atoms with Crippen molar-refractivity contribution in [2.75, 3.05) is 11.9 Å². The zero-order chi connectivity index (χ0) is 13.5. The molecule has 0 saturated carbocycles. The average Bonchev–Trinajstić information content (AvgIpc) is 2.45. The average molecular weight is 338 g/mol. The van der Waals surface area contributed by atoms with Crippen LogP contribution in [-0.2, 0) is 5.75 Å². The van der Waals surface area contributed by atoms with E-state index in [1.165, 1.54) is 4.90 Å². The van der Waals surface area contributed by atoms with Crippen LogP contribution in [0.4, 0.5) is 5.82 Å². The molecule has 0 spiro atoms. The zero-order valence-electron chi connectivity index (χ0n) is 10.8. The Labute approximate surface area is 126 Å². The van der Waals surface area contributed by atoms with Gasteiger partial charge in [0.1, 0.15) is 11.6 Å². The normalized spacial score (nSPS) is 10.4. The third-order valence-corrected chi connectivity index (χ3v) is 3.98. The van der Waals surface area contributed by atoms with E-state index in [0.29, 0.717) is 0 Å². The molecule has 1 heterocycles. The number of benzene rings is 1. The number of nitrogens with zero attached hydrogens (tertiary/aromatic N) is 2. The second-order valence-corrected chi connectivity index (χ2v) is 5.99. The van der Waals surface area contributed by atoms with Crippen LogP contribution >= 0.6 is 27.7 Å². The molecule has 0 unspecified atom stereocenters. The van der Waals surface area contributed by atoms with Gasteiger partial charge in [0.25, 0.3) is 0 Å². The molecule has 2 aromatic rings. The Morgan fingerprint density at radius 1 is 1.21 bits per heavy atom. The van der Waals surface area contributed by atoms with E-state index in [0.717, 1.165) is 34.8 Å². The molecule has 0 aliphatic rings. The smallest absolute Gasteiger partial charge is 0.140 e. The largest absolute Gasteiger partial charge is 0.370 e. The number of anilines is 1. The van der Waals surface area contributed by atoms with Crippen LogP contribution in [0.3, 0.4) is 0 Å². The minimum atomic E-state index is 0.781. The first-order valence-corrected chi connectivity index (χ1v) is 8.00. The van der Waals surface area contributed by atoms with Gasteiger partial charge in [-0.05, 0) is 36.8 Å². The molecule has 3 nitrogen and oxygen atoms in total. The fourth-order valence-electron chi connectivity index (χ4n) is 1.50. The topological polar surface area (TPSA) is 37.8 Å². The Balaban J connectivity index is 1.93. The lowest BCUT2D eigenvalue weighted by atomic mass is 10.4. The summed E-state index contributed by atoms with van der Waals surface area (Å²) in [6.07, 6.45) is 2.90. The fourth-order valence-corrected chi connectivity index (χ4v) is 2.53. The number of hydrogen-bond donors (Lipinski definition) is 1. The van der Waals surface area contributed by atoms with E-state index >= 15 is 0 Å². The van der Waals surface area contributed by atoms with E-state index in [2.05, 4.69) is 50.3 Å². The molecule has 1 aromatic carbocycles. The molecule has 0 saturated heterocycles. The summed E-state index contributed by atoms with van der Waals surface area (Å²) in [5, 5.41) is 3.27. The number of aromatic nitrogens is 2. The molecule has 1 N–H and O–H groups in total. The van der Waals surface area contributed by atoms with E-state index in [1.54, 1.807) is 11.8 Å². The van der Waals surface area contributed by atoms with Crippen LogP contribution in [0, 0.1) is 0 Å². The van der Waals surface area contributed by atoms with Gasteiger partial charge in [0.15, 0.2) is 0 Å². The molecule has 0 aliphatic carbocycles.